The van der Waals surface area contributed by atoms with Gasteiger partial charge >= 0.3 is 6.36 Å². The molecule has 0 bridgehead atoms. The minimum Gasteiger partial charge on any atom is -0.406 e. The molecule has 3 rings (SSSR count). The van der Waals surface area contributed by atoms with Gasteiger partial charge in [0.15, 0.2) is 0 Å². The molecule has 1 aliphatic rings. The predicted octanol–water partition coefficient (Wildman–Crippen LogP) is 4.91. The average Bonchev–Trinajstić information content (AvgIpc) is 3.11. The number of nitrogens with zero attached hydrogens (tertiary/aromatic N) is 1. The highest BCUT2D eigenvalue weighted by atomic mass is 32.2. The molecule has 0 saturated carbocycles. The summed E-state index contributed by atoms with van der Waals surface area (Å²) in [5.41, 5.74) is 4.05. The second-order valence-corrected chi connectivity index (χ2v) is 8.86. The first kappa shape index (κ1) is 21.3. The first-order valence-corrected chi connectivity index (χ1v) is 10.7. The van der Waals surface area contributed by atoms with Crippen molar-refractivity contribution in [1.29, 1.82) is 0 Å². The molecule has 0 spiro atoms. The Morgan fingerprint density at radius 3 is 2.31 bits per heavy atom. The standard InChI is InChI=1S/C20H23F3N2O3S/c1-13-11-14(2)19(25-9-4-5-10-25)15(3)18(13)24-29(26,27)17-8-6-7-16(12-17)28-20(21,22)23/h6-8,11-12,24H,4-5,9-10H2,1-3H3. The quantitative estimate of drug-likeness (QED) is 0.735. The maximum absolute atomic E-state index is 12.9. The molecule has 0 aromatic heterocycles. The molecule has 0 aliphatic carbocycles. The number of sulfonamides is 1. The first-order valence-electron chi connectivity index (χ1n) is 9.22. The molecule has 1 N–H and O–H groups in total. The number of halogens is 3. The van der Waals surface area contributed by atoms with E-state index < -0.39 is 22.1 Å². The third-order valence-electron chi connectivity index (χ3n) is 4.94. The largest absolute Gasteiger partial charge is 0.573 e. The van der Waals surface area contributed by atoms with Crippen LogP contribution in [0.2, 0.25) is 0 Å². The molecule has 0 unspecified atom stereocenters. The Labute approximate surface area is 168 Å². The van der Waals surface area contributed by atoms with Gasteiger partial charge in [0, 0.05) is 24.8 Å². The van der Waals surface area contributed by atoms with Gasteiger partial charge in [-0.15, -0.1) is 13.2 Å². The van der Waals surface area contributed by atoms with Crippen molar-refractivity contribution in [3.05, 3.63) is 47.0 Å². The monoisotopic (exact) mass is 428 g/mol. The third-order valence-corrected chi connectivity index (χ3v) is 6.29. The van der Waals surface area contributed by atoms with Crippen molar-refractivity contribution in [3.8, 4) is 5.75 Å². The lowest BCUT2D eigenvalue weighted by Crippen LogP contribution is -2.22. The van der Waals surface area contributed by atoms with E-state index >= 15 is 0 Å². The Balaban J connectivity index is 1.97. The zero-order valence-electron chi connectivity index (χ0n) is 16.4. The lowest BCUT2D eigenvalue weighted by atomic mass is 10.0. The van der Waals surface area contributed by atoms with E-state index in [2.05, 4.69) is 14.4 Å². The number of ether oxygens (including phenoxy) is 1. The van der Waals surface area contributed by atoms with Crippen molar-refractivity contribution in [2.24, 2.45) is 0 Å². The van der Waals surface area contributed by atoms with Gasteiger partial charge in [-0.25, -0.2) is 8.42 Å². The van der Waals surface area contributed by atoms with E-state index in [4.69, 9.17) is 0 Å². The number of aryl methyl sites for hydroxylation is 2. The van der Waals surface area contributed by atoms with Crippen molar-refractivity contribution >= 4 is 21.4 Å². The molecule has 0 radical (unpaired) electrons. The molecule has 1 fully saturated rings. The maximum atomic E-state index is 12.9. The van der Waals surface area contributed by atoms with Crippen LogP contribution in [-0.4, -0.2) is 27.9 Å². The Morgan fingerprint density at radius 1 is 1.03 bits per heavy atom. The van der Waals surface area contributed by atoms with Crippen LogP contribution in [0.4, 0.5) is 24.5 Å². The minimum absolute atomic E-state index is 0.304. The smallest absolute Gasteiger partial charge is 0.406 e. The lowest BCUT2D eigenvalue weighted by Gasteiger charge is -2.26. The molecule has 1 saturated heterocycles. The van der Waals surface area contributed by atoms with Gasteiger partial charge in [-0.1, -0.05) is 12.1 Å². The normalized spacial score (nSPS) is 14.9. The van der Waals surface area contributed by atoms with Crippen LogP contribution in [0.25, 0.3) is 0 Å². The van der Waals surface area contributed by atoms with Gasteiger partial charge in [0.05, 0.1) is 10.6 Å². The van der Waals surface area contributed by atoms with Crippen molar-refractivity contribution in [2.45, 2.75) is 44.9 Å². The number of anilines is 2. The summed E-state index contributed by atoms with van der Waals surface area (Å²) in [5.74, 6) is -0.588. The van der Waals surface area contributed by atoms with Gasteiger partial charge in [0.25, 0.3) is 10.0 Å². The van der Waals surface area contributed by atoms with E-state index in [1.165, 1.54) is 12.1 Å². The van der Waals surface area contributed by atoms with Crippen molar-refractivity contribution in [3.63, 3.8) is 0 Å². The summed E-state index contributed by atoms with van der Waals surface area (Å²) in [6.45, 7) is 7.47. The highest BCUT2D eigenvalue weighted by Crippen LogP contribution is 2.36. The topological polar surface area (TPSA) is 58.6 Å². The van der Waals surface area contributed by atoms with Gasteiger partial charge in [0.2, 0.25) is 0 Å². The van der Waals surface area contributed by atoms with E-state index in [0.717, 1.165) is 60.4 Å². The van der Waals surface area contributed by atoms with Crippen LogP contribution in [0, 0.1) is 20.8 Å². The second-order valence-electron chi connectivity index (χ2n) is 7.18. The highest BCUT2D eigenvalue weighted by Gasteiger charge is 2.31. The summed E-state index contributed by atoms with van der Waals surface area (Å²) in [7, 11) is -4.11. The van der Waals surface area contributed by atoms with Gasteiger partial charge < -0.3 is 9.64 Å². The Hall–Kier alpha value is -2.42. The zero-order chi connectivity index (χ0) is 21.4. The predicted molar refractivity (Wildman–Crippen MR) is 106 cm³/mol. The number of hydrogen-bond donors (Lipinski definition) is 1. The lowest BCUT2D eigenvalue weighted by molar-refractivity contribution is -0.274. The number of rotatable bonds is 5. The Morgan fingerprint density at radius 2 is 1.69 bits per heavy atom. The molecule has 2 aromatic carbocycles. The third kappa shape index (κ3) is 4.77. The molecule has 29 heavy (non-hydrogen) atoms. The van der Waals surface area contributed by atoms with E-state index in [-0.39, 0.29) is 4.90 Å². The Kier molecular flexibility index (Phi) is 5.71. The SMILES string of the molecule is Cc1cc(C)c(N2CCCC2)c(C)c1NS(=O)(=O)c1cccc(OC(F)(F)F)c1. The van der Waals surface area contributed by atoms with E-state index in [1.807, 2.05) is 19.9 Å². The summed E-state index contributed by atoms with van der Waals surface area (Å²) >= 11 is 0. The van der Waals surface area contributed by atoms with Crippen LogP contribution >= 0.6 is 0 Å². The van der Waals surface area contributed by atoms with Crippen LogP contribution in [0.3, 0.4) is 0 Å². The fraction of sp³-hybridized carbons (Fsp3) is 0.400. The van der Waals surface area contributed by atoms with Crippen LogP contribution in [0.15, 0.2) is 35.2 Å². The van der Waals surface area contributed by atoms with Gasteiger partial charge in [0.1, 0.15) is 5.75 Å². The van der Waals surface area contributed by atoms with Gasteiger partial charge in [-0.3, -0.25) is 4.72 Å². The van der Waals surface area contributed by atoms with E-state index in [9.17, 15) is 21.6 Å². The minimum atomic E-state index is -4.90. The van der Waals surface area contributed by atoms with Crippen LogP contribution < -0.4 is 14.4 Å². The zero-order valence-corrected chi connectivity index (χ0v) is 17.2. The Bertz CT molecular complexity index is 1010. The van der Waals surface area contributed by atoms with Gasteiger partial charge in [-0.2, -0.15) is 0 Å². The number of hydrogen-bond acceptors (Lipinski definition) is 4. The average molecular weight is 428 g/mol. The molecule has 5 nitrogen and oxygen atoms in total. The molecule has 1 heterocycles. The summed E-state index contributed by atoms with van der Waals surface area (Å²) in [6.07, 6.45) is -2.73. The van der Waals surface area contributed by atoms with Crippen molar-refractivity contribution in [1.82, 2.24) is 0 Å². The van der Waals surface area contributed by atoms with Crippen LogP contribution in [-0.2, 0) is 10.0 Å². The number of alkyl halides is 3. The summed E-state index contributed by atoms with van der Waals surface area (Å²) in [5, 5.41) is 0. The molecule has 1 aliphatic heterocycles. The molecule has 0 atom stereocenters. The molecular formula is C20H23F3N2O3S. The van der Waals surface area contributed by atoms with E-state index in [0.29, 0.717) is 5.69 Å². The van der Waals surface area contributed by atoms with Crippen LogP contribution in [0.1, 0.15) is 29.5 Å². The van der Waals surface area contributed by atoms with E-state index in [1.54, 1.807) is 6.92 Å². The van der Waals surface area contributed by atoms with Crippen molar-refractivity contribution < 1.29 is 26.3 Å². The fourth-order valence-electron chi connectivity index (χ4n) is 3.79. The van der Waals surface area contributed by atoms with Gasteiger partial charge in [-0.05, 0) is 62.4 Å². The number of nitrogens with one attached hydrogen (secondary N) is 1. The molecule has 158 valence electrons. The number of benzene rings is 2. The summed E-state index contributed by atoms with van der Waals surface area (Å²) < 4.78 is 69.5. The van der Waals surface area contributed by atoms with Crippen molar-refractivity contribution in [2.75, 3.05) is 22.7 Å². The molecule has 0 amide bonds. The van der Waals surface area contributed by atoms with Crippen LogP contribution in [0.5, 0.6) is 5.75 Å². The summed E-state index contributed by atoms with van der Waals surface area (Å²) in [6, 6.07) is 6.27. The molecule has 9 heteroatoms. The summed E-state index contributed by atoms with van der Waals surface area (Å²) in [4.78, 5) is 1.93. The molecular weight excluding hydrogens is 405 g/mol. The first-order chi connectivity index (χ1) is 13.5. The fourth-order valence-corrected chi connectivity index (χ4v) is 5.02. The highest BCUT2D eigenvalue weighted by molar-refractivity contribution is 7.92. The second kappa shape index (κ2) is 7.78. The maximum Gasteiger partial charge on any atom is 0.573 e. The molecule has 2 aromatic rings.